The van der Waals surface area contributed by atoms with Gasteiger partial charge in [-0.1, -0.05) is 47.1 Å². The summed E-state index contributed by atoms with van der Waals surface area (Å²) in [7, 11) is 0. The third-order valence-electron chi connectivity index (χ3n) is 6.03. The molecule has 1 unspecified atom stereocenters. The fourth-order valence-electron chi connectivity index (χ4n) is 4.10. The average Bonchev–Trinajstić information content (AvgIpc) is 3.27. The van der Waals surface area contributed by atoms with Gasteiger partial charge in [0.2, 0.25) is 17.6 Å². The molecular formula is C26H32N4O3. The van der Waals surface area contributed by atoms with E-state index in [1.54, 1.807) is 0 Å². The number of aromatic nitrogens is 2. The van der Waals surface area contributed by atoms with Gasteiger partial charge >= 0.3 is 0 Å². The highest BCUT2D eigenvalue weighted by Gasteiger charge is 2.27. The van der Waals surface area contributed by atoms with E-state index in [0.29, 0.717) is 24.9 Å². The van der Waals surface area contributed by atoms with Crippen LogP contribution in [-0.4, -0.2) is 46.7 Å². The molecule has 1 amide bonds. The molecule has 0 saturated carbocycles. The van der Waals surface area contributed by atoms with Crippen LogP contribution in [0.3, 0.4) is 0 Å². The summed E-state index contributed by atoms with van der Waals surface area (Å²) < 4.78 is 11.3. The Balaban J connectivity index is 1.21. The molecule has 2 heterocycles. The van der Waals surface area contributed by atoms with Crippen molar-refractivity contribution in [1.82, 2.24) is 20.4 Å². The molecule has 1 aliphatic heterocycles. The summed E-state index contributed by atoms with van der Waals surface area (Å²) in [6.07, 6.45) is 1.63. The molecule has 3 aromatic rings. The van der Waals surface area contributed by atoms with Crippen molar-refractivity contribution in [1.29, 1.82) is 0 Å². The Morgan fingerprint density at radius 1 is 1.18 bits per heavy atom. The summed E-state index contributed by atoms with van der Waals surface area (Å²) in [5, 5.41) is 7.23. The van der Waals surface area contributed by atoms with E-state index in [4.69, 9.17) is 9.26 Å². The Morgan fingerprint density at radius 3 is 2.73 bits per heavy atom. The molecule has 7 nitrogen and oxygen atoms in total. The van der Waals surface area contributed by atoms with Gasteiger partial charge in [-0.2, -0.15) is 4.98 Å². The SMILES string of the molecule is Cc1cccc(-c2noc(CN3CCC(C(=O)NC(C)COc4ccccc4C)CC3)n2)c1. The van der Waals surface area contributed by atoms with Crippen molar-refractivity contribution in [2.45, 2.75) is 46.2 Å². The van der Waals surface area contributed by atoms with Gasteiger partial charge in [-0.15, -0.1) is 0 Å². The fraction of sp³-hybridized carbons (Fsp3) is 0.423. The molecule has 4 rings (SSSR count). The molecule has 1 N–H and O–H groups in total. The first-order valence-corrected chi connectivity index (χ1v) is 11.6. The zero-order valence-corrected chi connectivity index (χ0v) is 19.6. The molecule has 2 aromatic carbocycles. The topological polar surface area (TPSA) is 80.5 Å². The number of para-hydroxylation sites is 1. The first-order chi connectivity index (χ1) is 16.0. The van der Waals surface area contributed by atoms with Crippen LogP contribution < -0.4 is 10.1 Å². The minimum absolute atomic E-state index is 0.0210. The molecule has 1 atom stereocenters. The van der Waals surface area contributed by atoms with E-state index in [1.807, 2.05) is 69.3 Å². The number of hydrogen-bond donors (Lipinski definition) is 1. The van der Waals surface area contributed by atoms with Gasteiger partial charge in [0.05, 0.1) is 12.6 Å². The van der Waals surface area contributed by atoms with E-state index in [-0.39, 0.29) is 17.9 Å². The monoisotopic (exact) mass is 448 g/mol. The third kappa shape index (κ3) is 6.20. The second-order valence-corrected chi connectivity index (χ2v) is 8.92. The smallest absolute Gasteiger partial charge is 0.241 e. The van der Waals surface area contributed by atoms with Gasteiger partial charge in [0.25, 0.3) is 0 Å². The van der Waals surface area contributed by atoms with Crippen LogP contribution in [0, 0.1) is 19.8 Å². The molecule has 0 aliphatic carbocycles. The van der Waals surface area contributed by atoms with Crippen LogP contribution in [0.25, 0.3) is 11.4 Å². The van der Waals surface area contributed by atoms with Crippen LogP contribution in [0.1, 0.15) is 36.8 Å². The van der Waals surface area contributed by atoms with Crippen molar-refractivity contribution >= 4 is 5.91 Å². The van der Waals surface area contributed by atoms with Gasteiger partial charge in [-0.3, -0.25) is 9.69 Å². The Labute approximate surface area is 195 Å². The van der Waals surface area contributed by atoms with E-state index in [1.165, 1.54) is 0 Å². The number of carbonyl (C=O) groups excluding carboxylic acids is 1. The third-order valence-corrected chi connectivity index (χ3v) is 6.03. The van der Waals surface area contributed by atoms with E-state index in [0.717, 1.165) is 48.4 Å². The normalized spacial score (nSPS) is 15.8. The minimum Gasteiger partial charge on any atom is -0.491 e. The number of likely N-dealkylation sites (tertiary alicyclic amines) is 1. The Bertz CT molecular complexity index is 1070. The molecular weight excluding hydrogens is 416 g/mol. The summed E-state index contributed by atoms with van der Waals surface area (Å²) in [5.41, 5.74) is 3.21. The van der Waals surface area contributed by atoms with Gasteiger partial charge in [0.15, 0.2) is 0 Å². The lowest BCUT2D eigenvalue weighted by atomic mass is 9.95. The predicted octanol–water partition coefficient (Wildman–Crippen LogP) is 4.15. The maximum Gasteiger partial charge on any atom is 0.241 e. The van der Waals surface area contributed by atoms with Crippen LogP contribution in [0.15, 0.2) is 53.1 Å². The number of ether oxygens (including phenoxy) is 1. The van der Waals surface area contributed by atoms with Crippen molar-refractivity contribution in [2.24, 2.45) is 5.92 Å². The number of nitrogens with one attached hydrogen (secondary N) is 1. The summed E-state index contributed by atoms with van der Waals surface area (Å²) in [5.74, 6) is 2.21. The molecule has 7 heteroatoms. The van der Waals surface area contributed by atoms with Crippen molar-refractivity contribution in [2.75, 3.05) is 19.7 Å². The zero-order chi connectivity index (χ0) is 23.2. The van der Waals surface area contributed by atoms with Crippen molar-refractivity contribution in [3.63, 3.8) is 0 Å². The standard InChI is InChI=1S/C26H32N4O3/c1-18-7-6-9-22(15-18)25-28-24(33-29-25)16-30-13-11-21(12-14-30)26(31)27-20(3)17-32-23-10-5-4-8-19(23)2/h4-10,15,20-21H,11-14,16-17H2,1-3H3,(H,27,31). The lowest BCUT2D eigenvalue weighted by molar-refractivity contribution is -0.127. The molecule has 1 aromatic heterocycles. The highest BCUT2D eigenvalue weighted by molar-refractivity contribution is 5.79. The maximum absolute atomic E-state index is 12.7. The van der Waals surface area contributed by atoms with Gasteiger partial charge in [0, 0.05) is 11.5 Å². The second-order valence-electron chi connectivity index (χ2n) is 8.92. The highest BCUT2D eigenvalue weighted by atomic mass is 16.5. The van der Waals surface area contributed by atoms with Gasteiger partial charge in [0.1, 0.15) is 12.4 Å². The Morgan fingerprint density at radius 2 is 1.97 bits per heavy atom. The van der Waals surface area contributed by atoms with E-state index in [9.17, 15) is 4.79 Å². The van der Waals surface area contributed by atoms with Crippen molar-refractivity contribution in [3.05, 3.63) is 65.5 Å². The number of piperidine rings is 1. The number of carbonyl (C=O) groups is 1. The minimum atomic E-state index is -0.0476. The van der Waals surface area contributed by atoms with E-state index in [2.05, 4.69) is 20.4 Å². The van der Waals surface area contributed by atoms with Gasteiger partial charge < -0.3 is 14.6 Å². The number of aryl methyl sites for hydroxylation is 2. The van der Waals surface area contributed by atoms with Crippen LogP contribution in [0.5, 0.6) is 5.75 Å². The summed E-state index contributed by atoms with van der Waals surface area (Å²) >= 11 is 0. The van der Waals surface area contributed by atoms with Gasteiger partial charge in [-0.05, 0) is 64.4 Å². The van der Waals surface area contributed by atoms with Crippen LogP contribution in [-0.2, 0) is 11.3 Å². The Hall–Kier alpha value is -3.19. The molecule has 0 bridgehead atoms. The maximum atomic E-state index is 12.7. The van der Waals surface area contributed by atoms with Crippen molar-refractivity contribution in [3.8, 4) is 17.1 Å². The molecule has 174 valence electrons. The summed E-state index contributed by atoms with van der Waals surface area (Å²) in [6, 6.07) is 15.9. The first kappa shape index (κ1) is 23.0. The van der Waals surface area contributed by atoms with E-state index < -0.39 is 0 Å². The molecule has 0 radical (unpaired) electrons. The summed E-state index contributed by atoms with van der Waals surface area (Å²) in [4.78, 5) is 19.5. The molecule has 1 fully saturated rings. The number of benzene rings is 2. The van der Waals surface area contributed by atoms with E-state index >= 15 is 0 Å². The number of amides is 1. The largest absolute Gasteiger partial charge is 0.491 e. The number of nitrogens with zero attached hydrogens (tertiary/aromatic N) is 3. The fourth-order valence-corrected chi connectivity index (χ4v) is 4.10. The summed E-state index contributed by atoms with van der Waals surface area (Å²) in [6.45, 7) is 8.76. The van der Waals surface area contributed by atoms with Crippen LogP contribution >= 0.6 is 0 Å². The van der Waals surface area contributed by atoms with Crippen LogP contribution in [0.4, 0.5) is 0 Å². The number of rotatable bonds is 8. The first-order valence-electron chi connectivity index (χ1n) is 11.6. The van der Waals surface area contributed by atoms with Crippen molar-refractivity contribution < 1.29 is 14.1 Å². The molecule has 33 heavy (non-hydrogen) atoms. The molecule has 0 spiro atoms. The highest BCUT2D eigenvalue weighted by Crippen LogP contribution is 2.21. The lowest BCUT2D eigenvalue weighted by Gasteiger charge is -2.30. The average molecular weight is 449 g/mol. The van der Waals surface area contributed by atoms with Gasteiger partial charge in [-0.25, -0.2) is 0 Å². The lowest BCUT2D eigenvalue weighted by Crippen LogP contribution is -2.44. The molecule has 1 aliphatic rings. The molecule has 1 saturated heterocycles. The predicted molar refractivity (Wildman–Crippen MR) is 127 cm³/mol. The van der Waals surface area contributed by atoms with Crippen LogP contribution in [0.2, 0.25) is 0 Å². The quantitative estimate of drug-likeness (QED) is 0.558. The number of hydrogen-bond acceptors (Lipinski definition) is 6. The second kappa shape index (κ2) is 10.6. The Kier molecular flexibility index (Phi) is 7.40. The zero-order valence-electron chi connectivity index (χ0n) is 19.6.